The van der Waals surface area contributed by atoms with Crippen LogP contribution in [0.2, 0.25) is 0 Å². The van der Waals surface area contributed by atoms with E-state index in [4.69, 9.17) is 4.74 Å². The molecular formula is C16H14FN5O3. The van der Waals surface area contributed by atoms with Crippen molar-refractivity contribution in [1.82, 2.24) is 19.6 Å². The second-order valence-electron chi connectivity index (χ2n) is 5.25. The molecule has 0 radical (unpaired) electrons. The summed E-state index contributed by atoms with van der Waals surface area (Å²) in [6, 6.07) is 7.40. The van der Waals surface area contributed by atoms with Gasteiger partial charge < -0.3 is 10.1 Å². The van der Waals surface area contributed by atoms with Gasteiger partial charge >= 0.3 is 5.97 Å². The van der Waals surface area contributed by atoms with Gasteiger partial charge in [0.1, 0.15) is 5.82 Å². The van der Waals surface area contributed by atoms with Crippen LogP contribution in [0.3, 0.4) is 0 Å². The zero-order chi connectivity index (χ0) is 18.0. The van der Waals surface area contributed by atoms with E-state index in [2.05, 4.69) is 20.4 Å². The number of hydrogen-bond acceptors (Lipinski definition) is 6. The molecule has 8 nitrogen and oxygen atoms in total. The van der Waals surface area contributed by atoms with Gasteiger partial charge in [-0.3, -0.25) is 4.79 Å². The molecule has 0 unspecified atom stereocenters. The summed E-state index contributed by atoms with van der Waals surface area (Å²) in [5.41, 5.74) is 0.739. The number of para-hydroxylation sites is 1. The molecule has 3 aromatic rings. The van der Waals surface area contributed by atoms with Gasteiger partial charge in [-0.15, -0.1) is 5.10 Å². The van der Waals surface area contributed by atoms with Crippen LogP contribution in [0.1, 0.15) is 23.2 Å². The maximum Gasteiger partial charge on any atom is 0.379 e. The van der Waals surface area contributed by atoms with Crippen LogP contribution in [0.15, 0.2) is 36.5 Å². The molecule has 0 saturated heterocycles. The average Bonchev–Trinajstić information content (AvgIpc) is 3.02. The summed E-state index contributed by atoms with van der Waals surface area (Å²) >= 11 is 0. The van der Waals surface area contributed by atoms with Gasteiger partial charge in [-0.05, 0) is 32.0 Å². The molecule has 2 heterocycles. The Labute approximate surface area is 141 Å². The van der Waals surface area contributed by atoms with Crippen molar-refractivity contribution in [2.24, 2.45) is 0 Å². The van der Waals surface area contributed by atoms with Crippen LogP contribution in [0.5, 0.6) is 0 Å². The van der Waals surface area contributed by atoms with Crippen molar-refractivity contribution in [3.05, 3.63) is 53.9 Å². The van der Waals surface area contributed by atoms with Crippen molar-refractivity contribution in [2.45, 2.75) is 20.0 Å². The maximum absolute atomic E-state index is 13.5. The van der Waals surface area contributed by atoms with Crippen molar-refractivity contribution in [2.75, 3.05) is 5.32 Å². The molecule has 2 aromatic heterocycles. The van der Waals surface area contributed by atoms with Crippen LogP contribution >= 0.6 is 0 Å². The Kier molecular flexibility index (Phi) is 4.38. The van der Waals surface area contributed by atoms with Crippen LogP contribution in [0.4, 0.5) is 10.1 Å². The quantitative estimate of drug-likeness (QED) is 0.725. The number of nitrogens with one attached hydrogen (secondary N) is 1. The van der Waals surface area contributed by atoms with Crippen LogP contribution in [-0.2, 0) is 9.53 Å². The van der Waals surface area contributed by atoms with Crippen molar-refractivity contribution in [1.29, 1.82) is 0 Å². The summed E-state index contributed by atoms with van der Waals surface area (Å²) in [5, 5.41) is 6.35. The third-order valence-electron chi connectivity index (χ3n) is 3.40. The molecule has 0 fully saturated rings. The molecule has 0 aliphatic heterocycles. The number of rotatable bonds is 4. The van der Waals surface area contributed by atoms with Crippen LogP contribution in [-0.4, -0.2) is 37.6 Å². The molecule has 9 heteroatoms. The maximum atomic E-state index is 13.5. The van der Waals surface area contributed by atoms with Gasteiger partial charge in [0.25, 0.3) is 17.5 Å². The number of aromatic nitrogens is 4. The summed E-state index contributed by atoms with van der Waals surface area (Å²) in [4.78, 5) is 32.1. The number of aryl methyl sites for hydroxylation is 1. The number of carbonyl (C=O) groups excluding carboxylic acids is 2. The van der Waals surface area contributed by atoms with Crippen LogP contribution in [0, 0.1) is 12.7 Å². The normalized spacial score (nSPS) is 12.0. The van der Waals surface area contributed by atoms with Gasteiger partial charge in [0.05, 0.1) is 5.69 Å². The predicted molar refractivity (Wildman–Crippen MR) is 85.4 cm³/mol. The smallest absolute Gasteiger partial charge is 0.379 e. The fourth-order valence-electron chi connectivity index (χ4n) is 2.06. The molecule has 3 rings (SSSR count). The van der Waals surface area contributed by atoms with Crippen molar-refractivity contribution < 1.29 is 18.7 Å². The largest absolute Gasteiger partial charge is 0.447 e. The van der Waals surface area contributed by atoms with E-state index in [0.29, 0.717) is 0 Å². The first-order chi connectivity index (χ1) is 12.0. The zero-order valence-corrected chi connectivity index (χ0v) is 13.4. The molecule has 0 saturated carbocycles. The molecule has 0 aliphatic rings. The summed E-state index contributed by atoms with van der Waals surface area (Å²) in [7, 11) is 0. The number of fused-ring (bicyclic) bond motifs is 1. The molecule has 0 spiro atoms. The molecule has 1 amide bonds. The minimum atomic E-state index is -1.16. The topological polar surface area (TPSA) is 98.5 Å². The molecule has 128 valence electrons. The zero-order valence-electron chi connectivity index (χ0n) is 13.4. The lowest BCUT2D eigenvalue weighted by Crippen LogP contribution is -2.30. The van der Waals surface area contributed by atoms with E-state index >= 15 is 0 Å². The van der Waals surface area contributed by atoms with Crippen molar-refractivity contribution >= 4 is 23.3 Å². The number of hydrogen-bond donors (Lipinski definition) is 1. The number of ether oxygens (including phenoxy) is 1. The van der Waals surface area contributed by atoms with Gasteiger partial charge in [-0.25, -0.2) is 18.7 Å². The Bertz CT molecular complexity index is 956. The number of benzene rings is 1. The Morgan fingerprint density at radius 1 is 1.28 bits per heavy atom. The molecule has 1 aromatic carbocycles. The number of nitrogens with zero attached hydrogens (tertiary/aromatic N) is 4. The van der Waals surface area contributed by atoms with E-state index in [9.17, 15) is 14.0 Å². The third-order valence-corrected chi connectivity index (χ3v) is 3.40. The first kappa shape index (κ1) is 16.5. The van der Waals surface area contributed by atoms with E-state index in [0.717, 1.165) is 5.69 Å². The summed E-state index contributed by atoms with van der Waals surface area (Å²) in [6.07, 6.45) is 0.381. The highest BCUT2D eigenvalue weighted by atomic mass is 19.1. The van der Waals surface area contributed by atoms with E-state index in [1.165, 1.54) is 29.6 Å². The third kappa shape index (κ3) is 3.44. The van der Waals surface area contributed by atoms with E-state index in [-0.39, 0.29) is 17.3 Å². The van der Waals surface area contributed by atoms with Gasteiger partial charge in [0.15, 0.2) is 6.10 Å². The highest BCUT2D eigenvalue weighted by Crippen LogP contribution is 2.13. The van der Waals surface area contributed by atoms with Gasteiger partial charge in [0.2, 0.25) is 0 Å². The molecule has 1 N–H and O–H groups in total. The Balaban J connectivity index is 1.70. The van der Waals surface area contributed by atoms with E-state index in [1.54, 1.807) is 25.3 Å². The Morgan fingerprint density at radius 3 is 2.76 bits per heavy atom. The fourth-order valence-corrected chi connectivity index (χ4v) is 2.06. The standard InChI is InChI=1S/C16H14FN5O3/c1-9-7-8-18-16-20-13(21-22(9)16)15(24)25-10(2)14(23)19-12-6-4-3-5-11(12)17/h3-8,10H,1-2H3,(H,19,23)/t10-/m0/s1. The number of halogens is 1. The highest BCUT2D eigenvalue weighted by molar-refractivity contribution is 5.96. The summed E-state index contributed by atoms with van der Waals surface area (Å²) in [5.74, 6) is -2.10. The monoisotopic (exact) mass is 343 g/mol. The molecule has 0 bridgehead atoms. The van der Waals surface area contributed by atoms with Gasteiger partial charge in [-0.1, -0.05) is 12.1 Å². The van der Waals surface area contributed by atoms with Gasteiger partial charge in [-0.2, -0.15) is 4.98 Å². The van der Waals surface area contributed by atoms with E-state index in [1.807, 2.05) is 0 Å². The SMILES string of the molecule is Cc1ccnc2nc(C(=O)O[C@@H](C)C(=O)Nc3ccccc3F)nn12. The van der Waals surface area contributed by atoms with Crippen LogP contribution in [0.25, 0.3) is 5.78 Å². The van der Waals surface area contributed by atoms with E-state index < -0.39 is 23.8 Å². The predicted octanol–water partition coefficient (Wildman–Crippen LogP) is 1.76. The lowest BCUT2D eigenvalue weighted by Gasteiger charge is -2.12. The Hall–Kier alpha value is -3.36. The first-order valence-corrected chi connectivity index (χ1v) is 7.40. The lowest BCUT2D eigenvalue weighted by molar-refractivity contribution is -0.123. The minimum absolute atomic E-state index is 0.000999. The average molecular weight is 343 g/mol. The number of anilines is 1. The first-order valence-electron chi connectivity index (χ1n) is 7.40. The summed E-state index contributed by atoms with van der Waals surface area (Å²) in [6.45, 7) is 3.15. The second-order valence-corrected chi connectivity index (χ2v) is 5.25. The second kappa shape index (κ2) is 6.63. The fraction of sp³-hybridized carbons (Fsp3) is 0.188. The van der Waals surface area contributed by atoms with Gasteiger partial charge in [0, 0.05) is 11.9 Å². The Morgan fingerprint density at radius 2 is 2.04 bits per heavy atom. The summed E-state index contributed by atoms with van der Waals surface area (Å²) < 4.78 is 20.0. The molecule has 1 atom stereocenters. The van der Waals surface area contributed by atoms with Crippen molar-refractivity contribution in [3.63, 3.8) is 0 Å². The number of amides is 1. The molecule has 0 aliphatic carbocycles. The van der Waals surface area contributed by atoms with Crippen molar-refractivity contribution in [3.8, 4) is 0 Å². The number of esters is 1. The molecule has 25 heavy (non-hydrogen) atoms. The lowest BCUT2D eigenvalue weighted by atomic mass is 10.3. The number of carbonyl (C=O) groups is 2. The minimum Gasteiger partial charge on any atom is -0.447 e. The van der Waals surface area contributed by atoms with Crippen LogP contribution < -0.4 is 5.32 Å². The molecular weight excluding hydrogens is 329 g/mol. The highest BCUT2D eigenvalue weighted by Gasteiger charge is 2.23.